The zero-order valence-electron chi connectivity index (χ0n) is 16.2. The number of ether oxygens (including phenoxy) is 1. The Hall–Kier alpha value is -3.97. The number of rotatable bonds is 6. The second-order valence-electron chi connectivity index (χ2n) is 6.60. The maximum atomic E-state index is 12.1. The summed E-state index contributed by atoms with van der Waals surface area (Å²) in [5.41, 5.74) is 2.18. The SMILES string of the molecule is COc1cc(C=CC2=CC(=CN(O)Cc3ccc(O)cc3O)C(=O)C=C2)ccc1O. The van der Waals surface area contributed by atoms with Crippen LogP contribution in [0, 0.1) is 0 Å². The van der Waals surface area contributed by atoms with Crippen molar-refractivity contribution in [3.63, 3.8) is 0 Å². The van der Waals surface area contributed by atoms with E-state index in [0.29, 0.717) is 11.3 Å². The van der Waals surface area contributed by atoms with E-state index in [2.05, 4.69) is 0 Å². The Balaban J connectivity index is 1.76. The topological polar surface area (TPSA) is 110 Å². The molecule has 0 aliphatic heterocycles. The van der Waals surface area contributed by atoms with Gasteiger partial charge in [-0.15, -0.1) is 0 Å². The molecule has 2 aromatic rings. The van der Waals surface area contributed by atoms with Gasteiger partial charge in [-0.05, 0) is 47.6 Å². The molecule has 0 bridgehead atoms. The summed E-state index contributed by atoms with van der Waals surface area (Å²) < 4.78 is 5.08. The van der Waals surface area contributed by atoms with Crippen LogP contribution >= 0.6 is 0 Å². The molecule has 154 valence electrons. The van der Waals surface area contributed by atoms with E-state index in [1.165, 1.54) is 43.7 Å². The predicted octanol–water partition coefficient (Wildman–Crippen LogP) is 3.67. The Kier molecular flexibility index (Phi) is 6.24. The van der Waals surface area contributed by atoms with Crippen molar-refractivity contribution in [2.24, 2.45) is 0 Å². The van der Waals surface area contributed by atoms with E-state index in [1.807, 2.05) is 0 Å². The van der Waals surface area contributed by atoms with Crippen LogP contribution in [0.3, 0.4) is 0 Å². The zero-order valence-corrected chi connectivity index (χ0v) is 16.2. The number of allylic oxidation sites excluding steroid dienone is 6. The number of phenols is 3. The molecular formula is C23H21NO6. The van der Waals surface area contributed by atoms with Crippen LogP contribution in [-0.2, 0) is 11.3 Å². The molecule has 3 rings (SSSR count). The third-order valence-corrected chi connectivity index (χ3v) is 4.40. The number of methoxy groups -OCH3 is 1. The van der Waals surface area contributed by atoms with E-state index in [1.54, 1.807) is 36.4 Å². The standard InChI is InChI=1S/C23H21NO6/c1-30-23-11-16(5-9-21(23)27)3-2-15-4-8-20(26)18(10-15)14-24(29)13-17-6-7-19(25)12-22(17)28/h2-12,14,25,27-29H,13H2,1H3. The highest BCUT2D eigenvalue weighted by Crippen LogP contribution is 2.27. The first-order valence-electron chi connectivity index (χ1n) is 9.03. The molecule has 0 aromatic heterocycles. The van der Waals surface area contributed by atoms with Gasteiger partial charge in [-0.1, -0.05) is 24.3 Å². The third-order valence-electron chi connectivity index (χ3n) is 4.40. The number of ketones is 1. The molecule has 7 nitrogen and oxygen atoms in total. The van der Waals surface area contributed by atoms with E-state index >= 15 is 0 Å². The molecule has 1 aliphatic rings. The molecule has 2 aromatic carbocycles. The number of aromatic hydroxyl groups is 3. The van der Waals surface area contributed by atoms with E-state index in [4.69, 9.17) is 4.74 Å². The Morgan fingerprint density at radius 2 is 1.80 bits per heavy atom. The van der Waals surface area contributed by atoms with Crippen molar-refractivity contribution in [2.45, 2.75) is 6.54 Å². The summed E-state index contributed by atoms with van der Waals surface area (Å²) >= 11 is 0. The highest BCUT2D eigenvalue weighted by Gasteiger charge is 2.12. The fourth-order valence-corrected chi connectivity index (χ4v) is 2.83. The molecule has 0 unspecified atom stereocenters. The fourth-order valence-electron chi connectivity index (χ4n) is 2.83. The van der Waals surface area contributed by atoms with Gasteiger partial charge in [0, 0.05) is 23.4 Å². The monoisotopic (exact) mass is 407 g/mol. The maximum absolute atomic E-state index is 12.1. The number of carbonyl (C=O) groups excluding carboxylic acids is 1. The average Bonchev–Trinajstić information content (AvgIpc) is 2.71. The van der Waals surface area contributed by atoms with Gasteiger partial charge in [-0.25, -0.2) is 0 Å². The van der Waals surface area contributed by atoms with Crippen LogP contribution < -0.4 is 4.74 Å². The highest BCUT2D eigenvalue weighted by molar-refractivity contribution is 6.08. The lowest BCUT2D eigenvalue weighted by Crippen LogP contribution is -2.14. The molecule has 0 spiro atoms. The Labute approximate surface area is 173 Å². The van der Waals surface area contributed by atoms with Crippen LogP contribution in [0.1, 0.15) is 11.1 Å². The number of hydrogen-bond acceptors (Lipinski definition) is 7. The molecule has 0 amide bonds. The maximum Gasteiger partial charge on any atom is 0.187 e. The molecule has 1 aliphatic carbocycles. The minimum atomic E-state index is -0.271. The van der Waals surface area contributed by atoms with Gasteiger partial charge in [0.2, 0.25) is 0 Å². The van der Waals surface area contributed by atoms with Gasteiger partial charge in [0.15, 0.2) is 17.3 Å². The molecule has 0 atom stereocenters. The van der Waals surface area contributed by atoms with E-state index in [-0.39, 0.29) is 35.1 Å². The molecular weight excluding hydrogens is 386 g/mol. The Morgan fingerprint density at radius 3 is 2.53 bits per heavy atom. The Bertz CT molecular complexity index is 1080. The van der Waals surface area contributed by atoms with E-state index < -0.39 is 0 Å². The molecule has 4 N–H and O–H groups in total. The third kappa shape index (κ3) is 5.09. The summed E-state index contributed by atoms with van der Waals surface area (Å²) in [7, 11) is 1.47. The summed E-state index contributed by atoms with van der Waals surface area (Å²) in [6.45, 7) is -0.0705. The number of carbonyl (C=O) groups is 1. The zero-order chi connectivity index (χ0) is 21.7. The lowest BCUT2D eigenvalue weighted by atomic mass is 10.0. The minimum absolute atomic E-state index is 0.0462. The first-order valence-corrected chi connectivity index (χ1v) is 9.03. The van der Waals surface area contributed by atoms with Crippen molar-refractivity contribution < 1.29 is 30.1 Å². The quantitative estimate of drug-likeness (QED) is 0.427. The lowest BCUT2D eigenvalue weighted by molar-refractivity contribution is -0.111. The van der Waals surface area contributed by atoms with Crippen LogP contribution in [0.2, 0.25) is 0 Å². The second kappa shape index (κ2) is 9.02. The van der Waals surface area contributed by atoms with Gasteiger partial charge >= 0.3 is 0 Å². The van der Waals surface area contributed by atoms with Crippen LogP contribution in [0.15, 0.2) is 78.0 Å². The first kappa shape index (κ1) is 20.8. The normalized spacial score (nSPS) is 14.9. The molecule has 0 fully saturated rings. The lowest BCUT2D eigenvalue weighted by Gasteiger charge is -2.15. The van der Waals surface area contributed by atoms with Crippen LogP contribution in [0.25, 0.3) is 6.08 Å². The fraction of sp³-hybridized carbons (Fsp3) is 0.0870. The molecule has 7 heteroatoms. The number of hydrogen-bond donors (Lipinski definition) is 4. The predicted molar refractivity (Wildman–Crippen MR) is 111 cm³/mol. The number of nitrogens with zero attached hydrogens (tertiary/aromatic N) is 1. The van der Waals surface area contributed by atoms with Crippen molar-refractivity contribution in [2.75, 3.05) is 7.11 Å². The average molecular weight is 407 g/mol. The molecule has 30 heavy (non-hydrogen) atoms. The van der Waals surface area contributed by atoms with Gasteiger partial charge in [0.25, 0.3) is 0 Å². The minimum Gasteiger partial charge on any atom is -0.508 e. The summed E-state index contributed by atoms with van der Waals surface area (Å²) in [4.78, 5) is 12.1. The van der Waals surface area contributed by atoms with Gasteiger partial charge in [0.1, 0.15) is 11.5 Å². The first-order chi connectivity index (χ1) is 14.4. The number of hydroxylamine groups is 2. The molecule has 0 heterocycles. The summed E-state index contributed by atoms with van der Waals surface area (Å²) in [6, 6.07) is 8.98. The van der Waals surface area contributed by atoms with Crippen LogP contribution in [0.4, 0.5) is 0 Å². The van der Waals surface area contributed by atoms with Crippen molar-refractivity contribution in [3.05, 3.63) is 89.2 Å². The van der Waals surface area contributed by atoms with Gasteiger partial charge in [-0.2, -0.15) is 0 Å². The van der Waals surface area contributed by atoms with Crippen LogP contribution in [0.5, 0.6) is 23.0 Å². The van der Waals surface area contributed by atoms with Crippen LogP contribution in [-0.4, -0.2) is 38.5 Å². The molecule has 0 saturated carbocycles. The van der Waals surface area contributed by atoms with Crippen molar-refractivity contribution in [1.29, 1.82) is 0 Å². The van der Waals surface area contributed by atoms with Gasteiger partial charge < -0.3 is 20.1 Å². The Morgan fingerprint density at radius 1 is 1.00 bits per heavy atom. The van der Waals surface area contributed by atoms with Crippen molar-refractivity contribution >= 4 is 11.9 Å². The number of benzene rings is 2. The number of phenolic OH excluding ortho intramolecular Hbond substituents is 3. The smallest absolute Gasteiger partial charge is 0.187 e. The van der Waals surface area contributed by atoms with Crippen molar-refractivity contribution in [3.8, 4) is 23.0 Å². The van der Waals surface area contributed by atoms with Crippen molar-refractivity contribution in [1.82, 2.24) is 5.06 Å². The largest absolute Gasteiger partial charge is 0.508 e. The highest BCUT2D eigenvalue weighted by atomic mass is 16.5. The molecule has 0 saturated heterocycles. The summed E-state index contributed by atoms with van der Waals surface area (Å²) in [5.74, 6) is -0.116. The summed E-state index contributed by atoms with van der Waals surface area (Å²) in [6.07, 6.45) is 9.54. The van der Waals surface area contributed by atoms with E-state index in [9.17, 15) is 25.3 Å². The summed E-state index contributed by atoms with van der Waals surface area (Å²) in [5, 5.41) is 39.8. The van der Waals surface area contributed by atoms with Gasteiger partial charge in [0.05, 0.1) is 13.7 Å². The van der Waals surface area contributed by atoms with Gasteiger partial charge in [-0.3, -0.25) is 15.1 Å². The molecule has 0 radical (unpaired) electrons. The van der Waals surface area contributed by atoms with E-state index in [0.717, 1.165) is 16.2 Å². The second-order valence-corrected chi connectivity index (χ2v) is 6.60.